The van der Waals surface area contributed by atoms with Crippen LogP contribution in [0.1, 0.15) is 22.3 Å². The van der Waals surface area contributed by atoms with Gasteiger partial charge in [-0.25, -0.2) is 0 Å². The fourth-order valence-electron chi connectivity index (χ4n) is 10.1. The molecule has 1 aliphatic carbocycles. The molecule has 11 aromatic rings. The summed E-state index contributed by atoms with van der Waals surface area (Å²) in [6.45, 7) is 0. The highest BCUT2D eigenvalue weighted by atomic mass is 32.1. The third-order valence-corrected chi connectivity index (χ3v) is 14.0. The van der Waals surface area contributed by atoms with Gasteiger partial charge in [0.1, 0.15) is 0 Å². The number of hydrogen-bond acceptors (Lipinski definition) is 2. The molecule has 61 heavy (non-hydrogen) atoms. The zero-order valence-corrected chi connectivity index (χ0v) is 34.2. The van der Waals surface area contributed by atoms with Crippen molar-refractivity contribution < 1.29 is 0 Å². The van der Waals surface area contributed by atoms with Crippen LogP contribution >= 0.6 is 11.3 Å². The molecular weight excluding hydrogens is 755 g/mol. The molecule has 0 bridgehead atoms. The summed E-state index contributed by atoms with van der Waals surface area (Å²) >= 11 is 1.88. The molecule has 0 spiro atoms. The van der Waals surface area contributed by atoms with Crippen LogP contribution < -0.4 is 4.90 Å². The Morgan fingerprint density at radius 1 is 0.328 bits per heavy atom. The Balaban J connectivity index is 1.03. The molecule has 10 aromatic carbocycles. The Morgan fingerprint density at radius 2 is 0.836 bits per heavy atom. The Kier molecular flexibility index (Phi) is 8.33. The van der Waals surface area contributed by atoms with Crippen molar-refractivity contribution in [2.45, 2.75) is 5.41 Å². The van der Waals surface area contributed by atoms with Crippen LogP contribution in [0.3, 0.4) is 0 Å². The highest BCUT2D eigenvalue weighted by molar-refractivity contribution is 7.26. The van der Waals surface area contributed by atoms with E-state index < -0.39 is 5.41 Å². The number of rotatable bonds is 7. The highest BCUT2D eigenvalue weighted by Crippen LogP contribution is 2.56. The summed E-state index contributed by atoms with van der Waals surface area (Å²) in [7, 11) is 0. The van der Waals surface area contributed by atoms with E-state index in [4.69, 9.17) is 0 Å². The van der Waals surface area contributed by atoms with Crippen molar-refractivity contribution >= 4 is 59.3 Å². The van der Waals surface area contributed by atoms with Crippen LogP contribution in [0.15, 0.2) is 237 Å². The molecule has 0 saturated carbocycles. The minimum absolute atomic E-state index is 0.499. The van der Waals surface area contributed by atoms with Crippen LogP contribution in [0.5, 0.6) is 0 Å². The van der Waals surface area contributed by atoms with Crippen LogP contribution in [0.25, 0.3) is 64.3 Å². The molecule has 1 nitrogen and oxygen atoms in total. The first kappa shape index (κ1) is 35.4. The van der Waals surface area contributed by atoms with Crippen molar-refractivity contribution in [2.24, 2.45) is 0 Å². The molecule has 0 N–H and O–H groups in total. The molecule has 0 aliphatic heterocycles. The van der Waals surface area contributed by atoms with Gasteiger partial charge in [-0.3, -0.25) is 0 Å². The molecule has 2 heteroatoms. The quantitative estimate of drug-likeness (QED) is 0.155. The van der Waals surface area contributed by atoms with Crippen LogP contribution in [0.4, 0.5) is 17.1 Å². The number of thiophene rings is 1. The van der Waals surface area contributed by atoms with Gasteiger partial charge in [0.2, 0.25) is 0 Å². The Morgan fingerprint density at radius 3 is 1.57 bits per heavy atom. The summed E-state index contributed by atoms with van der Waals surface area (Å²) in [5, 5.41) is 5.14. The predicted octanol–water partition coefficient (Wildman–Crippen LogP) is 16.4. The maximum atomic E-state index is 2.43. The number of fused-ring (bicyclic) bond motifs is 7. The zero-order chi connectivity index (χ0) is 40.3. The van der Waals surface area contributed by atoms with Crippen LogP contribution in [-0.4, -0.2) is 0 Å². The van der Waals surface area contributed by atoms with Crippen molar-refractivity contribution in [1.82, 2.24) is 0 Å². The topological polar surface area (TPSA) is 3.24 Å². The third-order valence-electron chi connectivity index (χ3n) is 12.8. The maximum absolute atomic E-state index is 2.43. The summed E-state index contributed by atoms with van der Waals surface area (Å²) in [6.07, 6.45) is 0. The van der Waals surface area contributed by atoms with E-state index in [-0.39, 0.29) is 0 Å². The minimum atomic E-state index is -0.499. The van der Waals surface area contributed by atoms with E-state index in [1.807, 2.05) is 11.3 Å². The Bertz CT molecular complexity index is 3360. The fourth-order valence-corrected chi connectivity index (χ4v) is 11.3. The molecule has 1 aromatic heterocycles. The van der Waals surface area contributed by atoms with E-state index in [2.05, 4.69) is 241 Å². The lowest BCUT2D eigenvalue weighted by molar-refractivity contribution is 0.768. The highest BCUT2D eigenvalue weighted by Gasteiger charge is 2.46. The van der Waals surface area contributed by atoms with Gasteiger partial charge in [-0.15, -0.1) is 11.3 Å². The summed E-state index contributed by atoms with van der Waals surface area (Å²) in [5.41, 5.74) is 15.4. The van der Waals surface area contributed by atoms with Gasteiger partial charge in [0.25, 0.3) is 0 Å². The molecule has 0 unspecified atom stereocenters. The van der Waals surface area contributed by atoms with Crippen LogP contribution in [0, 0.1) is 0 Å². The Labute approximate surface area is 360 Å². The van der Waals surface area contributed by atoms with Crippen molar-refractivity contribution in [3.8, 4) is 33.4 Å². The summed E-state index contributed by atoms with van der Waals surface area (Å²) in [5.74, 6) is 0. The van der Waals surface area contributed by atoms with E-state index >= 15 is 0 Å². The third kappa shape index (κ3) is 5.60. The largest absolute Gasteiger partial charge is 0.310 e. The van der Waals surface area contributed by atoms with Crippen molar-refractivity contribution in [1.29, 1.82) is 0 Å². The molecule has 0 saturated heterocycles. The molecular formula is C59H39NS. The average molecular weight is 794 g/mol. The number of benzene rings is 10. The average Bonchev–Trinajstić information content (AvgIpc) is 3.87. The van der Waals surface area contributed by atoms with Gasteiger partial charge in [0.15, 0.2) is 0 Å². The number of hydrogen-bond donors (Lipinski definition) is 0. The van der Waals surface area contributed by atoms with Gasteiger partial charge in [-0.05, 0) is 109 Å². The second-order valence-corrected chi connectivity index (χ2v) is 17.0. The molecule has 1 aliphatic rings. The fraction of sp³-hybridized carbons (Fsp3) is 0.0169. The molecule has 286 valence electrons. The van der Waals surface area contributed by atoms with Gasteiger partial charge >= 0.3 is 0 Å². The minimum Gasteiger partial charge on any atom is -0.310 e. The summed E-state index contributed by atoms with van der Waals surface area (Å²) < 4.78 is 2.65. The van der Waals surface area contributed by atoms with Gasteiger partial charge in [-0.1, -0.05) is 194 Å². The monoisotopic (exact) mass is 793 g/mol. The van der Waals surface area contributed by atoms with Crippen LogP contribution in [-0.2, 0) is 5.41 Å². The molecule has 0 atom stereocenters. The molecule has 12 rings (SSSR count). The second kappa shape index (κ2) is 14.3. The van der Waals surface area contributed by atoms with Crippen molar-refractivity contribution in [3.05, 3.63) is 259 Å². The maximum Gasteiger partial charge on any atom is 0.0714 e. The van der Waals surface area contributed by atoms with Crippen LogP contribution in [0.2, 0.25) is 0 Å². The van der Waals surface area contributed by atoms with E-state index in [1.54, 1.807) is 0 Å². The normalized spacial score (nSPS) is 12.7. The van der Waals surface area contributed by atoms with Gasteiger partial charge in [0.05, 0.1) is 5.41 Å². The van der Waals surface area contributed by atoms with E-state index in [9.17, 15) is 0 Å². The smallest absolute Gasteiger partial charge is 0.0714 e. The predicted molar refractivity (Wildman–Crippen MR) is 260 cm³/mol. The molecule has 1 heterocycles. The lowest BCUT2D eigenvalue weighted by Gasteiger charge is -2.35. The second-order valence-electron chi connectivity index (χ2n) is 16.0. The SMILES string of the molecule is c1ccc(C2(c3cccc(N(c4ccc(-c5cccc6ccccc56)cc4)c4ccc(-c5cccc6c5sc5ccccc56)cc4)c3)c3ccccc3-c3ccccc32)cc1. The van der Waals surface area contributed by atoms with E-state index in [0.717, 1.165) is 17.1 Å². The van der Waals surface area contributed by atoms with Gasteiger partial charge < -0.3 is 4.90 Å². The lowest BCUT2D eigenvalue weighted by atomic mass is 9.67. The first-order valence-electron chi connectivity index (χ1n) is 21.0. The molecule has 0 radical (unpaired) electrons. The van der Waals surface area contributed by atoms with Gasteiger partial charge in [-0.2, -0.15) is 0 Å². The Hall–Kier alpha value is -7.52. The van der Waals surface area contributed by atoms with E-state index in [0.29, 0.717) is 0 Å². The first-order valence-corrected chi connectivity index (χ1v) is 21.8. The molecule has 0 fully saturated rings. The summed E-state index contributed by atoms with van der Waals surface area (Å²) in [4.78, 5) is 2.42. The number of nitrogens with zero attached hydrogens (tertiary/aromatic N) is 1. The zero-order valence-electron chi connectivity index (χ0n) is 33.4. The standard InChI is InChI=1S/C59H39NS/c1-2-17-43(18-3-1)59(55-28-9-6-22-51(55)52-23-7-10-29-56(52)59)44-19-13-20-47(39-44)60(45-35-31-41(32-36-45)49-25-12-16-40-15-4-5-21-48(40)49)46-37-33-42(34-38-46)50-26-14-27-54-53-24-8-11-30-57(53)61-58(50)54/h1-39H. The number of anilines is 3. The van der Waals surface area contributed by atoms with Crippen molar-refractivity contribution in [2.75, 3.05) is 4.90 Å². The lowest BCUT2D eigenvalue weighted by Crippen LogP contribution is -2.28. The van der Waals surface area contributed by atoms with Gasteiger partial charge in [0, 0.05) is 37.2 Å². The van der Waals surface area contributed by atoms with E-state index in [1.165, 1.54) is 86.6 Å². The summed E-state index contributed by atoms with van der Waals surface area (Å²) in [6, 6.07) is 87.3. The molecule has 0 amide bonds. The first-order chi connectivity index (χ1) is 30.3. The van der Waals surface area contributed by atoms with Crippen molar-refractivity contribution in [3.63, 3.8) is 0 Å².